The molecule has 0 bridgehead atoms. The molecule has 2 N–H and O–H groups in total. The van der Waals surface area contributed by atoms with E-state index in [4.69, 9.17) is 4.74 Å². The molecule has 0 spiro atoms. The standard InChI is InChI=1S/C8H15O5P.CH5N/c1-7(2)8(9)13-5-6-14(10,11-3)12-4;1-2/h1,5-6H2,2-4H3;2H2,1H3. The predicted molar refractivity (Wildman–Crippen MR) is 62.4 cm³/mol. The van der Waals surface area contributed by atoms with Gasteiger partial charge in [-0.05, 0) is 14.0 Å². The summed E-state index contributed by atoms with van der Waals surface area (Å²) in [6, 6.07) is 0. The van der Waals surface area contributed by atoms with Crippen LogP contribution < -0.4 is 5.73 Å². The summed E-state index contributed by atoms with van der Waals surface area (Å²) in [4.78, 5) is 10.9. The van der Waals surface area contributed by atoms with Crippen LogP contribution >= 0.6 is 7.60 Å². The van der Waals surface area contributed by atoms with E-state index in [9.17, 15) is 9.36 Å². The molecule has 0 aromatic heterocycles. The summed E-state index contributed by atoms with van der Waals surface area (Å²) in [5, 5.41) is 0. The van der Waals surface area contributed by atoms with Gasteiger partial charge in [-0.25, -0.2) is 4.79 Å². The monoisotopic (exact) mass is 253 g/mol. The molecule has 0 atom stereocenters. The molecular formula is C9H20NO5P. The third-order valence-electron chi connectivity index (χ3n) is 1.50. The highest BCUT2D eigenvalue weighted by Crippen LogP contribution is 2.45. The summed E-state index contributed by atoms with van der Waals surface area (Å²) in [5.41, 5.74) is 4.80. The van der Waals surface area contributed by atoms with E-state index >= 15 is 0 Å². The van der Waals surface area contributed by atoms with Crippen LogP contribution in [0.25, 0.3) is 0 Å². The van der Waals surface area contributed by atoms with Gasteiger partial charge in [0.1, 0.15) is 6.61 Å². The molecular weight excluding hydrogens is 233 g/mol. The van der Waals surface area contributed by atoms with Gasteiger partial charge in [-0.1, -0.05) is 6.58 Å². The second-order valence-corrected chi connectivity index (χ2v) is 5.02. The Morgan fingerprint density at radius 3 is 2.06 bits per heavy atom. The first-order valence-electron chi connectivity index (χ1n) is 4.56. The SMILES string of the molecule is C=C(C)C(=O)OCCP(=O)(OC)OC.CN. The minimum atomic E-state index is -3.07. The number of hydrogen-bond acceptors (Lipinski definition) is 6. The van der Waals surface area contributed by atoms with Gasteiger partial charge >= 0.3 is 13.6 Å². The molecule has 0 aliphatic carbocycles. The summed E-state index contributed by atoms with van der Waals surface area (Å²) in [5.74, 6) is -0.510. The molecule has 0 aliphatic rings. The number of carbonyl (C=O) groups is 1. The van der Waals surface area contributed by atoms with Crippen LogP contribution in [0.4, 0.5) is 0 Å². The zero-order valence-corrected chi connectivity index (χ0v) is 11.1. The van der Waals surface area contributed by atoms with E-state index in [1.54, 1.807) is 0 Å². The summed E-state index contributed by atoms with van der Waals surface area (Å²) >= 11 is 0. The van der Waals surface area contributed by atoms with Gasteiger partial charge in [0.05, 0.1) is 6.16 Å². The lowest BCUT2D eigenvalue weighted by Crippen LogP contribution is -2.10. The number of carbonyl (C=O) groups excluding carboxylic acids is 1. The number of rotatable bonds is 6. The van der Waals surface area contributed by atoms with Crippen LogP contribution in [0.5, 0.6) is 0 Å². The van der Waals surface area contributed by atoms with Crippen LogP contribution in [0.15, 0.2) is 12.2 Å². The van der Waals surface area contributed by atoms with Crippen molar-refractivity contribution in [1.82, 2.24) is 0 Å². The van der Waals surface area contributed by atoms with Gasteiger partial charge < -0.3 is 19.5 Å². The normalized spacial score (nSPS) is 10.1. The van der Waals surface area contributed by atoms with E-state index in [1.807, 2.05) is 0 Å². The zero-order chi connectivity index (χ0) is 13.2. The van der Waals surface area contributed by atoms with Crippen molar-refractivity contribution < 1.29 is 23.1 Å². The second kappa shape index (κ2) is 9.54. The van der Waals surface area contributed by atoms with E-state index in [0.29, 0.717) is 5.57 Å². The van der Waals surface area contributed by atoms with Crippen molar-refractivity contribution in [2.24, 2.45) is 5.73 Å². The van der Waals surface area contributed by atoms with Gasteiger partial charge in [-0.3, -0.25) is 4.57 Å². The summed E-state index contributed by atoms with van der Waals surface area (Å²) < 4.78 is 25.5. The topological polar surface area (TPSA) is 87.9 Å². The van der Waals surface area contributed by atoms with E-state index in [1.165, 1.54) is 28.2 Å². The molecule has 0 aliphatic heterocycles. The van der Waals surface area contributed by atoms with Crippen molar-refractivity contribution >= 4 is 13.6 Å². The molecule has 0 fully saturated rings. The molecule has 0 aromatic carbocycles. The highest BCUT2D eigenvalue weighted by Gasteiger charge is 2.21. The van der Waals surface area contributed by atoms with Gasteiger partial charge in [0.25, 0.3) is 0 Å². The fraction of sp³-hybridized carbons (Fsp3) is 0.667. The van der Waals surface area contributed by atoms with E-state index in [-0.39, 0.29) is 12.8 Å². The van der Waals surface area contributed by atoms with Gasteiger partial charge in [0.15, 0.2) is 0 Å². The Balaban J connectivity index is 0. The fourth-order valence-electron chi connectivity index (χ4n) is 0.630. The molecule has 0 unspecified atom stereocenters. The first kappa shape index (κ1) is 17.7. The lowest BCUT2D eigenvalue weighted by molar-refractivity contribution is -0.138. The van der Waals surface area contributed by atoms with Crippen molar-refractivity contribution in [3.8, 4) is 0 Å². The van der Waals surface area contributed by atoms with Gasteiger partial charge in [0, 0.05) is 19.8 Å². The van der Waals surface area contributed by atoms with Gasteiger partial charge in [-0.15, -0.1) is 0 Å². The van der Waals surface area contributed by atoms with Crippen molar-refractivity contribution in [1.29, 1.82) is 0 Å². The van der Waals surface area contributed by atoms with Crippen LogP contribution in [-0.2, 0) is 23.1 Å². The number of hydrogen-bond donors (Lipinski definition) is 1. The number of nitrogens with two attached hydrogens (primary N) is 1. The average Bonchev–Trinajstić information content (AvgIpc) is 2.31. The Kier molecular flexibility index (Phi) is 10.6. The summed E-state index contributed by atoms with van der Waals surface area (Å²) in [6.45, 7) is 4.93. The Hall–Kier alpha value is -0.680. The molecule has 96 valence electrons. The molecule has 6 nitrogen and oxygen atoms in total. The lowest BCUT2D eigenvalue weighted by Gasteiger charge is -2.13. The van der Waals surface area contributed by atoms with Crippen LogP contribution in [0.3, 0.4) is 0 Å². The fourth-order valence-corrected chi connectivity index (χ4v) is 1.46. The van der Waals surface area contributed by atoms with Crippen molar-refractivity contribution in [3.63, 3.8) is 0 Å². The lowest BCUT2D eigenvalue weighted by atomic mass is 10.4. The molecule has 0 rings (SSSR count). The minimum Gasteiger partial charge on any atom is -0.462 e. The highest BCUT2D eigenvalue weighted by molar-refractivity contribution is 7.53. The molecule has 0 heterocycles. The quantitative estimate of drug-likeness (QED) is 0.434. The smallest absolute Gasteiger partial charge is 0.333 e. The molecule has 0 radical (unpaired) electrons. The maximum Gasteiger partial charge on any atom is 0.333 e. The Morgan fingerprint density at radius 2 is 1.75 bits per heavy atom. The van der Waals surface area contributed by atoms with Crippen LogP contribution in [-0.4, -0.2) is 40.0 Å². The summed E-state index contributed by atoms with van der Waals surface area (Å²) in [7, 11) is 0.991. The molecule has 0 saturated heterocycles. The first-order chi connectivity index (χ1) is 7.45. The van der Waals surface area contributed by atoms with Crippen LogP contribution in [0.2, 0.25) is 0 Å². The number of esters is 1. The van der Waals surface area contributed by atoms with Crippen LogP contribution in [0, 0.1) is 0 Å². The molecule has 7 heteroatoms. The second-order valence-electron chi connectivity index (χ2n) is 2.62. The minimum absolute atomic E-state index is 0.00927. The predicted octanol–water partition coefficient (Wildman–Crippen LogP) is 1.17. The summed E-state index contributed by atoms with van der Waals surface area (Å²) in [6.07, 6.45) is 0.0407. The zero-order valence-electron chi connectivity index (χ0n) is 10.2. The third kappa shape index (κ3) is 7.59. The maximum absolute atomic E-state index is 11.4. The van der Waals surface area contributed by atoms with Gasteiger partial charge in [-0.2, -0.15) is 0 Å². The van der Waals surface area contributed by atoms with Crippen molar-refractivity contribution in [2.45, 2.75) is 6.92 Å². The van der Waals surface area contributed by atoms with E-state index < -0.39 is 13.6 Å². The molecule has 16 heavy (non-hydrogen) atoms. The number of ether oxygens (including phenoxy) is 1. The first-order valence-corrected chi connectivity index (χ1v) is 6.29. The van der Waals surface area contributed by atoms with Crippen LogP contribution in [0.1, 0.15) is 6.92 Å². The molecule has 0 saturated carbocycles. The van der Waals surface area contributed by atoms with Crippen molar-refractivity contribution in [2.75, 3.05) is 34.0 Å². The Labute approximate surface area is 96.3 Å². The van der Waals surface area contributed by atoms with Crippen molar-refractivity contribution in [3.05, 3.63) is 12.2 Å². The average molecular weight is 253 g/mol. The Bertz CT molecular complexity index is 259. The molecule has 0 aromatic rings. The van der Waals surface area contributed by atoms with E-state index in [0.717, 1.165) is 0 Å². The maximum atomic E-state index is 11.4. The largest absolute Gasteiger partial charge is 0.462 e. The third-order valence-corrected chi connectivity index (χ3v) is 3.35. The molecule has 0 amide bonds. The van der Waals surface area contributed by atoms with E-state index in [2.05, 4.69) is 21.4 Å². The highest BCUT2D eigenvalue weighted by atomic mass is 31.2. The van der Waals surface area contributed by atoms with Gasteiger partial charge in [0.2, 0.25) is 0 Å². The Morgan fingerprint density at radius 1 is 1.31 bits per heavy atom.